The Morgan fingerprint density at radius 1 is 1.09 bits per heavy atom. The molecule has 11 heteroatoms. The molecule has 3 aliphatic carbocycles. The van der Waals surface area contributed by atoms with Crippen molar-refractivity contribution in [1.82, 2.24) is 9.62 Å². The molecule has 4 fully saturated rings. The van der Waals surface area contributed by atoms with Crippen LogP contribution in [-0.2, 0) is 19.6 Å². The highest BCUT2D eigenvalue weighted by Crippen LogP contribution is 2.38. The Labute approximate surface area is 212 Å². The van der Waals surface area contributed by atoms with Crippen molar-refractivity contribution in [3.8, 4) is 6.07 Å². The molecular formula is C23H35Cl2N3O5S. The van der Waals surface area contributed by atoms with Crippen molar-refractivity contribution in [3.05, 3.63) is 0 Å². The van der Waals surface area contributed by atoms with Crippen molar-refractivity contribution in [1.29, 1.82) is 5.26 Å². The van der Waals surface area contributed by atoms with Gasteiger partial charge in [-0.05, 0) is 51.4 Å². The average molecular weight is 537 g/mol. The quantitative estimate of drug-likeness (QED) is 0.522. The SMILES string of the molecule is N#CC1CCCC(S(=O)(=O)N2C[C@H](CO)OC3CCC(NC(=O)C4C(Cl)CCCC4Cl)CC32)C1. The fourth-order valence-corrected chi connectivity index (χ4v) is 9.43. The molecule has 0 spiro atoms. The lowest BCUT2D eigenvalue weighted by Crippen LogP contribution is -2.63. The van der Waals surface area contributed by atoms with Gasteiger partial charge in [-0.15, -0.1) is 23.2 Å². The van der Waals surface area contributed by atoms with Crippen LogP contribution in [0.4, 0.5) is 0 Å². The summed E-state index contributed by atoms with van der Waals surface area (Å²) < 4.78 is 35.0. The second-order valence-electron chi connectivity index (χ2n) is 10.3. The zero-order chi connectivity index (χ0) is 24.5. The number of carbonyl (C=O) groups is 1. The molecule has 1 saturated heterocycles. The smallest absolute Gasteiger partial charge is 0.226 e. The van der Waals surface area contributed by atoms with Crippen LogP contribution in [0.3, 0.4) is 0 Å². The van der Waals surface area contributed by atoms with Crippen LogP contribution in [0.25, 0.3) is 0 Å². The number of fused-ring (bicyclic) bond motifs is 1. The number of sulfonamides is 1. The largest absolute Gasteiger partial charge is 0.394 e. The fraction of sp³-hybridized carbons (Fsp3) is 0.913. The van der Waals surface area contributed by atoms with E-state index in [1.165, 1.54) is 4.31 Å². The summed E-state index contributed by atoms with van der Waals surface area (Å²) in [5, 5.41) is 21.0. The number of hydrogen-bond donors (Lipinski definition) is 2. The highest BCUT2D eigenvalue weighted by Gasteiger charge is 2.49. The van der Waals surface area contributed by atoms with Gasteiger partial charge < -0.3 is 15.2 Å². The molecule has 0 aromatic heterocycles. The minimum absolute atomic E-state index is 0.0878. The van der Waals surface area contributed by atoms with Crippen LogP contribution < -0.4 is 5.32 Å². The number of nitrogens with one attached hydrogen (secondary N) is 1. The highest BCUT2D eigenvalue weighted by atomic mass is 35.5. The molecule has 0 radical (unpaired) electrons. The van der Waals surface area contributed by atoms with Crippen LogP contribution in [0.5, 0.6) is 0 Å². The van der Waals surface area contributed by atoms with Gasteiger partial charge in [-0.1, -0.05) is 12.8 Å². The van der Waals surface area contributed by atoms with E-state index in [0.717, 1.165) is 25.7 Å². The number of amides is 1. The molecule has 0 bridgehead atoms. The second kappa shape index (κ2) is 11.2. The summed E-state index contributed by atoms with van der Waals surface area (Å²) in [6, 6.07) is 1.62. The Kier molecular flexibility index (Phi) is 8.69. The first-order valence-corrected chi connectivity index (χ1v) is 14.9. The standard InChI is InChI=1S/C23H35Cl2N3O5S/c24-18-5-2-6-19(25)22(18)23(30)27-15-7-8-21-20(10-15)28(12-16(13-29)33-21)34(31,32)17-4-1-3-14(9-17)11-26/h14-22,29H,1-10,12-13H2,(H,27,30)/t14?,15?,16-,17?,18?,19?,20?,21?,22?/m1/s1. The molecule has 4 rings (SSSR count). The highest BCUT2D eigenvalue weighted by molar-refractivity contribution is 7.89. The van der Waals surface area contributed by atoms with Crippen molar-refractivity contribution >= 4 is 39.1 Å². The summed E-state index contributed by atoms with van der Waals surface area (Å²) in [5.41, 5.74) is 0. The fourth-order valence-electron chi connectivity index (χ4n) is 6.18. The van der Waals surface area contributed by atoms with E-state index in [1.807, 2.05) is 0 Å². The van der Waals surface area contributed by atoms with Gasteiger partial charge in [0.25, 0.3) is 0 Å². The van der Waals surface area contributed by atoms with Crippen molar-refractivity contribution in [2.45, 2.75) is 105 Å². The number of hydrogen-bond acceptors (Lipinski definition) is 6. The van der Waals surface area contributed by atoms with E-state index in [9.17, 15) is 23.6 Å². The lowest BCUT2D eigenvalue weighted by molar-refractivity contribution is -0.133. The normalized spacial score (nSPS) is 41.8. The molecule has 192 valence electrons. The number of aliphatic hydroxyl groups is 1. The van der Waals surface area contributed by atoms with Crippen LogP contribution in [0.1, 0.15) is 64.2 Å². The number of halogens is 2. The van der Waals surface area contributed by atoms with Crippen molar-refractivity contribution in [3.63, 3.8) is 0 Å². The minimum atomic E-state index is -3.70. The van der Waals surface area contributed by atoms with Gasteiger partial charge in [-0.25, -0.2) is 8.42 Å². The third kappa shape index (κ3) is 5.52. The molecule has 34 heavy (non-hydrogen) atoms. The number of aliphatic hydroxyl groups excluding tert-OH is 1. The number of carbonyl (C=O) groups excluding carboxylic acids is 1. The Morgan fingerprint density at radius 3 is 2.47 bits per heavy atom. The Hall–Kier alpha value is -0.630. The van der Waals surface area contributed by atoms with Gasteiger partial charge in [-0.3, -0.25) is 4.79 Å². The molecule has 2 N–H and O–H groups in total. The molecule has 3 saturated carbocycles. The maximum atomic E-state index is 13.7. The number of rotatable bonds is 5. The maximum absolute atomic E-state index is 13.7. The van der Waals surface area contributed by atoms with E-state index in [4.69, 9.17) is 27.9 Å². The molecule has 0 aromatic carbocycles. The maximum Gasteiger partial charge on any atom is 0.226 e. The first-order valence-electron chi connectivity index (χ1n) is 12.5. The predicted molar refractivity (Wildman–Crippen MR) is 129 cm³/mol. The first-order chi connectivity index (χ1) is 16.2. The third-order valence-electron chi connectivity index (χ3n) is 8.02. The third-order valence-corrected chi connectivity index (χ3v) is 11.3. The van der Waals surface area contributed by atoms with Gasteiger partial charge in [0.2, 0.25) is 15.9 Å². The summed E-state index contributed by atoms with van der Waals surface area (Å²) >= 11 is 12.9. The molecule has 1 heterocycles. The lowest BCUT2D eigenvalue weighted by atomic mass is 9.84. The monoisotopic (exact) mass is 535 g/mol. The number of alkyl halides is 2. The van der Waals surface area contributed by atoms with E-state index >= 15 is 0 Å². The lowest BCUT2D eigenvalue weighted by Gasteiger charge is -2.49. The number of nitriles is 1. The molecule has 8 nitrogen and oxygen atoms in total. The number of ether oxygens (including phenoxy) is 1. The van der Waals surface area contributed by atoms with E-state index in [2.05, 4.69) is 11.4 Å². The van der Waals surface area contributed by atoms with Crippen LogP contribution in [0, 0.1) is 23.2 Å². The average Bonchev–Trinajstić information content (AvgIpc) is 2.83. The molecule has 4 aliphatic rings. The second-order valence-corrected chi connectivity index (χ2v) is 13.6. The van der Waals surface area contributed by atoms with Crippen LogP contribution >= 0.6 is 23.2 Å². The van der Waals surface area contributed by atoms with Gasteiger partial charge in [0, 0.05) is 29.3 Å². The molecular weight excluding hydrogens is 501 g/mol. The Bertz CT molecular complexity index is 874. The van der Waals surface area contributed by atoms with Crippen LogP contribution in [0.2, 0.25) is 0 Å². The molecule has 8 atom stereocenters. The zero-order valence-corrected chi connectivity index (χ0v) is 21.6. The first kappa shape index (κ1) is 26.4. The van der Waals surface area contributed by atoms with E-state index in [1.54, 1.807) is 0 Å². The summed E-state index contributed by atoms with van der Waals surface area (Å²) in [6.07, 6.45) is 5.51. The molecule has 7 unspecified atom stereocenters. The van der Waals surface area contributed by atoms with Crippen LogP contribution in [-0.4, -0.2) is 77.2 Å². The van der Waals surface area contributed by atoms with E-state index < -0.39 is 33.3 Å². The van der Waals surface area contributed by atoms with Crippen molar-refractivity contribution in [2.24, 2.45) is 11.8 Å². The van der Waals surface area contributed by atoms with E-state index in [-0.39, 0.29) is 47.9 Å². The van der Waals surface area contributed by atoms with E-state index in [0.29, 0.717) is 38.5 Å². The number of morpholine rings is 1. The van der Waals surface area contributed by atoms with Gasteiger partial charge in [-0.2, -0.15) is 9.57 Å². The summed E-state index contributed by atoms with van der Waals surface area (Å²) in [5.74, 6) is -0.868. The molecule has 0 aromatic rings. The topological polar surface area (TPSA) is 120 Å². The van der Waals surface area contributed by atoms with Gasteiger partial charge in [0.1, 0.15) is 0 Å². The summed E-state index contributed by atoms with van der Waals surface area (Å²) in [7, 11) is -3.70. The Balaban J connectivity index is 1.49. The van der Waals surface area contributed by atoms with Crippen molar-refractivity contribution in [2.75, 3.05) is 13.2 Å². The van der Waals surface area contributed by atoms with Crippen LogP contribution in [0.15, 0.2) is 0 Å². The van der Waals surface area contributed by atoms with Crippen molar-refractivity contribution < 1.29 is 23.1 Å². The molecule has 1 aliphatic heterocycles. The Morgan fingerprint density at radius 2 is 1.79 bits per heavy atom. The predicted octanol–water partition coefficient (Wildman–Crippen LogP) is 2.51. The van der Waals surface area contributed by atoms with Gasteiger partial charge in [0.15, 0.2) is 0 Å². The summed E-state index contributed by atoms with van der Waals surface area (Å²) in [4.78, 5) is 13.0. The zero-order valence-electron chi connectivity index (χ0n) is 19.3. The summed E-state index contributed by atoms with van der Waals surface area (Å²) in [6.45, 7) is -0.165. The minimum Gasteiger partial charge on any atom is -0.394 e. The van der Waals surface area contributed by atoms with Gasteiger partial charge >= 0.3 is 0 Å². The molecule has 1 amide bonds. The number of nitrogens with zero attached hydrogens (tertiary/aromatic N) is 2. The van der Waals surface area contributed by atoms with Gasteiger partial charge in [0.05, 0.1) is 42.1 Å².